The van der Waals surface area contributed by atoms with Crippen LogP contribution in [0, 0.1) is 0 Å². The molecule has 29 heavy (non-hydrogen) atoms. The predicted molar refractivity (Wildman–Crippen MR) is 107 cm³/mol. The first kappa shape index (κ1) is 20.5. The van der Waals surface area contributed by atoms with Crippen molar-refractivity contribution in [2.45, 2.75) is 11.2 Å². The second-order valence-electron chi connectivity index (χ2n) is 6.28. The Bertz CT molecular complexity index is 971. The molecule has 1 heterocycles. The number of anilines is 1. The summed E-state index contributed by atoms with van der Waals surface area (Å²) >= 11 is 3.23. The molecule has 0 saturated heterocycles. The second kappa shape index (κ2) is 8.44. The van der Waals surface area contributed by atoms with Gasteiger partial charge in [0.25, 0.3) is 11.8 Å². The van der Waals surface area contributed by atoms with E-state index >= 15 is 0 Å². The first-order chi connectivity index (χ1) is 13.8. The minimum Gasteiger partial charge on any atom is -0.506 e. The molecule has 0 radical (unpaired) electrons. The topological polar surface area (TPSA) is 113 Å². The van der Waals surface area contributed by atoms with E-state index in [2.05, 4.69) is 26.0 Å². The van der Waals surface area contributed by atoms with Crippen LogP contribution in [0.2, 0.25) is 0 Å². The number of esters is 1. The van der Waals surface area contributed by atoms with Crippen molar-refractivity contribution in [3.05, 3.63) is 59.2 Å². The molecule has 1 aliphatic rings. The number of amides is 3. The molecule has 8 nitrogen and oxygen atoms in total. The molecule has 2 aromatic carbocycles. The molecule has 0 spiro atoms. The highest BCUT2D eigenvalue weighted by atomic mass is 79.9. The standard InChI is InChI=1S/C20H17BrN2O6/c1-29-20(28)11-6-7-16(24)15(10-11)22-17(25)14(21)8-9-23-18(26)12-4-2-3-5-13(12)19(23)27/h2-7,10,14,24H,8-9H2,1H3,(H,22,25). The molecule has 2 N–H and O–H groups in total. The average Bonchev–Trinajstić information content (AvgIpc) is 2.97. The van der Waals surface area contributed by atoms with Gasteiger partial charge in [-0.2, -0.15) is 0 Å². The second-order valence-corrected chi connectivity index (χ2v) is 7.38. The maximum Gasteiger partial charge on any atom is 0.337 e. The van der Waals surface area contributed by atoms with Crippen LogP contribution in [0.25, 0.3) is 0 Å². The van der Waals surface area contributed by atoms with Gasteiger partial charge < -0.3 is 15.2 Å². The molecular formula is C20H17BrN2O6. The zero-order valence-electron chi connectivity index (χ0n) is 15.3. The Morgan fingerprint density at radius 3 is 2.34 bits per heavy atom. The number of rotatable bonds is 6. The summed E-state index contributed by atoms with van der Waals surface area (Å²) in [5.41, 5.74) is 0.899. The van der Waals surface area contributed by atoms with Crippen LogP contribution >= 0.6 is 15.9 Å². The van der Waals surface area contributed by atoms with E-state index in [-0.39, 0.29) is 30.0 Å². The lowest BCUT2D eigenvalue weighted by Crippen LogP contribution is -2.34. The van der Waals surface area contributed by atoms with Crippen LogP contribution in [-0.2, 0) is 9.53 Å². The molecule has 150 valence electrons. The van der Waals surface area contributed by atoms with Gasteiger partial charge in [-0.3, -0.25) is 19.3 Å². The summed E-state index contributed by atoms with van der Waals surface area (Å²) in [6, 6.07) is 10.5. The van der Waals surface area contributed by atoms with E-state index in [1.807, 2.05) is 0 Å². The molecule has 0 fully saturated rings. The van der Waals surface area contributed by atoms with E-state index in [9.17, 15) is 24.3 Å². The molecule has 0 aromatic heterocycles. The first-order valence-electron chi connectivity index (χ1n) is 8.65. The van der Waals surface area contributed by atoms with E-state index in [1.165, 1.54) is 25.3 Å². The van der Waals surface area contributed by atoms with E-state index < -0.39 is 28.5 Å². The van der Waals surface area contributed by atoms with Crippen LogP contribution < -0.4 is 5.32 Å². The Balaban J connectivity index is 1.63. The lowest BCUT2D eigenvalue weighted by Gasteiger charge is -2.17. The SMILES string of the molecule is COC(=O)c1ccc(O)c(NC(=O)C(Br)CCN2C(=O)c3ccccc3C2=O)c1. The molecule has 2 aromatic rings. The van der Waals surface area contributed by atoms with Gasteiger partial charge in [0.15, 0.2) is 0 Å². The number of hydrogen-bond donors (Lipinski definition) is 2. The normalized spacial score (nSPS) is 13.8. The maximum absolute atomic E-state index is 12.4. The minimum absolute atomic E-state index is 0.0445. The van der Waals surface area contributed by atoms with E-state index in [4.69, 9.17) is 0 Å². The molecule has 3 rings (SSSR count). The van der Waals surface area contributed by atoms with Crippen molar-refractivity contribution >= 4 is 45.3 Å². The smallest absolute Gasteiger partial charge is 0.337 e. The predicted octanol–water partition coefficient (Wildman–Crippen LogP) is 2.57. The number of fused-ring (bicyclic) bond motifs is 1. The summed E-state index contributed by atoms with van der Waals surface area (Å²) in [6.45, 7) is 0.0455. The quantitative estimate of drug-likeness (QED) is 0.296. The number of halogens is 1. The number of methoxy groups -OCH3 is 1. The molecule has 1 unspecified atom stereocenters. The van der Waals surface area contributed by atoms with Gasteiger partial charge in [-0.1, -0.05) is 28.1 Å². The Morgan fingerprint density at radius 2 is 1.76 bits per heavy atom. The van der Waals surface area contributed by atoms with Crippen molar-refractivity contribution in [1.82, 2.24) is 4.90 Å². The summed E-state index contributed by atoms with van der Waals surface area (Å²) < 4.78 is 4.61. The Labute approximate surface area is 174 Å². The number of nitrogens with zero attached hydrogens (tertiary/aromatic N) is 1. The Hall–Kier alpha value is -3.20. The number of phenols is 1. The van der Waals surface area contributed by atoms with Crippen LogP contribution in [0.15, 0.2) is 42.5 Å². The number of phenolic OH excluding ortho intramolecular Hbond substituents is 1. The summed E-state index contributed by atoms with van der Waals surface area (Å²) in [6.07, 6.45) is 0.161. The summed E-state index contributed by atoms with van der Waals surface area (Å²) in [4.78, 5) is 49.1. The van der Waals surface area contributed by atoms with Gasteiger partial charge in [0.05, 0.1) is 34.3 Å². The van der Waals surface area contributed by atoms with Crippen molar-refractivity contribution in [2.24, 2.45) is 0 Å². The Morgan fingerprint density at radius 1 is 1.14 bits per heavy atom. The van der Waals surface area contributed by atoms with Crippen LogP contribution in [0.3, 0.4) is 0 Å². The maximum atomic E-state index is 12.4. The molecule has 0 saturated carbocycles. The van der Waals surface area contributed by atoms with Crippen molar-refractivity contribution in [3.63, 3.8) is 0 Å². The third-order valence-electron chi connectivity index (χ3n) is 4.44. The number of aromatic hydroxyl groups is 1. The van der Waals surface area contributed by atoms with Crippen LogP contribution in [-0.4, -0.2) is 52.2 Å². The number of hydrogen-bond acceptors (Lipinski definition) is 6. The van der Waals surface area contributed by atoms with Crippen molar-refractivity contribution in [1.29, 1.82) is 0 Å². The van der Waals surface area contributed by atoms with E-state index in [0.29, 0.717) is 11.1 Å². The van der Waals surface area contributed by atoms with Gasteiger partial charge in [-0.25, -0.2) is 4.79 Å². The lowest BCUT2D eigenvalue weighted by molar-refractivity contribution is -0.115. The van der Waals surface area contributed by atoms with Crippen LogP contribution in [0.5, 0.6) is 5.75 Å². The summed E-state index contributed by atoms with van der Waals surface area (Å²) in [5.74, 6) is -2.12. The summed E-state index contributed by atoms with van der Waals surface area (Å²) in [7, 11) is 1.22. The number of nitrogens with one attached hydrogen (secondary N) is 1. The highest BCUT2D eigenvalue weighted by Crippen LogP contribution is 2.26. The number of carbonyl (C=O) groups excluding carboxylic acids is 4. The number of imide groups is 1. The van der Waals surface area contributed by atoms with Gasteiger partial charge in [0.1, 0.15) is 5.75 Å². The first-order valence-corrected chi connectivity index (χ1v) is 9.56. The zero-order valence-corrected chi connectivity index (χ0v) is 16.9. The fourth-order valence-electron chi connectivity index (χ4n) is 2.91. The van der Waals surface area contributed by atoms with Gasteiger partial charge in [-0.05, 0) is 36.8 Å². The molecule has 3 amide bonds. The van der Waals surface area contributed by atoms with Gasteiger partial charge >= 0.3 is 5.97 Å². The third kappa shape index (κ3) is 4.14. The monoisotopic (exact) mass is 460 g/mol. The number of ether oxygens (including phenoxy) is 1. The minimum atomic E-state index is -0.743. The lowest BCUT2D eigenvalue weighted by atomic mass is 10.1. The molecule has 0 bridgehead atoms. The van der Waals surface area contributed by atoms with Gasteiger partial charge in [0.2, 0.25) is 5.91 Å². The molecule has 1 atom stereocenters. The fraction of sp³-hybridized carbons (Fsp3) is 0.200. The van der Waals surface area contributed by atoms with Crippen molar-refractivity contribution < 1.29 is 29.0 Å². The van der Waals surface area contributed by atoms with Crippen molar-refractivity contribution in [3.8, 4) is 5.75 Å². The molecule has 1 aliphatic heterocycles. The van der Waals surface area contributed by atoms with Crippen LogP contribution in [0.4, 0.5) is 5.69 Å². The highest BCUT2D eigenvalue weighted by molar-refractivity contribution is 9.10. The fourth-order valence-corrected chi connectivity index (χ4v) is 3.23. The number of carbonyl (C=O) groups is 4. The zero-order chi connectivity index (χ0) is 21.1. The van der Waals surface area contributed by atoms with Gasteiger partial charge in [0, 0.05) is 6.54 Å². The Kier molecular flexibility index (Phi) is 5.97. The molecular weight excluding hydrogens is 444 g/mol. The average molecular weight is 461 g/mol. The third-order valence-corrected chi connectivity index (χ3v) is 5.32. The number of alkyl halides is 1. The molecule has 0 aliphatic carbocycles. The molecule has 9 heteroatoms. The van der Waals surface area contributed by atoms with Gasteiger partial charge in [-0.15, -0.1) is 0 Å². The number of benzene rings is 2. The largest absolute Gasteiger partial charge is 0.506 e. The van der Waals surface area contributed by atoms with E-state index in [0.717, 1.165) is 4.90 Å². The highest BCUT2D eigenvalue weighted by Gasteiger charge is 2.35. The summed E-state index contributed by atoms with van der Waals surface area (Å²) in [5, 5.41) is 12.4. The van der Waals surface area contributed by atoms with Crippen LogP contribution in [0.1, 0.15) is 37.5 Å². The van der Waals surface area contributed by atoms with E-state index in [1.54, 1.807) is 24.3 Å². The van der Waals surface area contributed by atoms with Crippen molar-refractivity contribution in [2.75, 3.05) is 19.0 Å².